The number of hydrazine groups is 1. The van der Waals surface area contributed by atoms with E-state index in [1.807, 2.05) is 0 Å². The minimum absolute atomic E-state index is 0.366. The summed E-state index contributed by atoms with van der Waals surface area (Å²) < 4.78 is 49.1. The van der Waals surface area contributed by atoms with Crippen LogP contribution >= 0.6 is 0 Å². The molecule has 0 spiro atoms. The molecule has 0 amide bonds. The highest BCUT2D eigenvalue weighted by molar-refractivity contribution is 5.93. The summed E-state index contributed by atoms with van der Waals surface area (Å²) in [6.45, 7) is -0.887. The van der Waals surface area contributed by atoms with E-state index >= 15 is 0 Å². The molecular formula is C6H5F4N3O2. The van der Waals surface area contributed by atoms with Gasteiger partial charge in [0.05, 0.1) is 6.54 Å². The largest absolute Gasteiger partial charge is 0.399 e. The van der Waals surface area contributed by atoms with Gasteiger partial charge in [-0.15, -0.1) is 0 Å². The topological polar surface area (TPSA) is 67.5 Å². The SMILES string of the molecule is O=[N+]([O-])NC1=NC[C@H](C(F)(F)F)C(F)=C1. The third-order valence-corrected chi connectivity index (χ3v) is 1.65. The van der Waals surface area contributed by atoms with Crippen molar-refractivity contribution in [3.63, 3.8) is 0 Å². The molecule has 9 heteroatoms. The number of alkyl halides is 3. The van der Waals surface area contributed by atoms with Crippen molar-refractivity contribution in [3.05, 3.63) is 22.0 Å². The Morgan fingerprint density at radius 3 is 2.60 bits per heavy atom. The van der Waals surface area contributed by atoms with E-state index in [-0.39, 0.29) is 0 Å². The molecule has 1 atom stereocenters. The zero-order chi connectivity index (χ0) is 11.6. The van der Waals surface area contributed by atoms with E-state index in [1.54, 1.807) is 0 Å². The average Bonchev–Trinajstić information content (AvgIpc) is 1.99. The Labute approximate surface area is 80.6 Å². The second kappa shape index (κ2) is 3.83. The van der Waals surface area contributed by atoms with Gasteiger partial charge in [-0.2, -0.15) is 13.2 Å². The van der Waals surface area contributed by atoms with Crippen molar-refractivity contribution < 1.29 is 22.6 Å². The molecule has 0 aromatic carbocycles. The molecule has 1 heterocycles. The van der Waals surface area contributed by atoms with Gasteiger partial charge in [0.2, 0.25) is 0 Å². The van der Waals surface area contributed by atoms with E-state index < -0.39 is 35.3 Å². The predicted molar refractivity (Wildman–Crippen MR) is 41.2 cm³/mol. The Kier molecular flexibility index (Phi) is 2.91. The summed E-state index contributed by atoms with van der Waals surface area (Å²) in [4.78, 5) is 13.1. The van der Waals surface area contributed by atoms with E-state index in [1.165, 1.54) is 5.43 Å². The first-order valence-electron chi connectivity index (χ1n) is 3.70. The molecule has 0 unspecified atom stereocenters. The van der Waals surface area contributed by atoms with Gasteiger partial charge in [-0.1, -0.05) is 5.43 Å². The number of hydrogen-bond acceptors (Lipinski definition) is 3. The van der Waals surface area contributed by atoms with Gasteiger partial charge in [-0.25, -0.2) is 14.5 Å². The van der Waals surface area contributed by atoms with Crippen LogP contribution in [0.4, 0.5) is 17.6 Å². The lowest BCUT2D eigenvalue weighted by atomic mass is 10.1. The summed E-state index contributed by atoms with van der Waals surface area (Å²) in [5, 5.41) is 8.86. The monoisotopic (exact) mass is 227 g/mol. The summed E-state index contributed by atoms with van der Waals surface area (Å²) >= 11 is 0. The first kappa shape index (κ1) is 11.4. The van der Waals surface area contributed by atoms with E-state index in [2.05, 4.69) is 4.99 Å². The highest BCUT2D eigenvalue weighted by Crippen LogP contribution is 2.34. The number of hydrogen-bond donors (Lipinski definition) is 1. The molecule has 15 heavy (non-hydrogen) atoms. The third-order valence-electron chi connectivity index (χ3n) is 1.65. The Morgan fingerprint density at radius 1 is 1.60 bits per heavy atom. The Balaban J connectivity index is 2.76. The maximum absolute atomic E-state index is 12.8. The van der Waals surface area contributed by atoms with E-state index in [0.717, 1.165) is 0 Å². The molecule has 0 radical (unpaired) electrons. The fourth-order valence-electron chi connectivity index (χ4n) is 0.975. The van der Waals surface area contributed by atoms with Gasteiger partial charge in [0.25, 0.3) is 0 Å². The summed E-state index contributed by atoms with van der Waals surface area (Å²) in [6, 6.07) is 0. The fourth-order valence-corrected chi connectivity index (χ4v) is 0.975. The molecule has 84 valence electrons. The molecule has 0 aliphatic carbocycles. The fraction of sp³-hybridized carbons (Fsp3) is 0.500. The number of dihydropyridines is 1. The molecule has 0 saturated carbocycles. The minimum atomic E-state index is -4.73. The summed E-state index contributed by atoms with van der Waals surface area (Å²) in [5.74, 6) is -4.32. The number of nitrogens with one attached hydrogen (secondary N) is 1. The van der Waals surface area contributed by atoms with Crippen molar-refractivity contribution in [1.82, 2.24) is 5.43 Å². The molecule has 1 aliphatic rings. The number of nitrogens with zero attached hydrogens (tertiary/aromatic N) is 2. The molecule has 0 aromatic heterocycles. The number of amidine groups is 1. The van der Waals surface area contributed by atoms with Gasteiger partial charge in [0.15, 0.2) is 10.9 Å². The molecule has 0 aromatic rings. The molecule has 1 rings (SSSR count). The number of aliphatic imine (C=N–C) groups is 1. The summed E-state index contributed by atoms with van der Waals surface area (Å²) in [6.07, 6.45) is -4.37. The van der Waals surface area contributed by atoms with E-state index in [4.69, 9.17) is 0 Å². The number of nitro groups is 1. The molecular weight excluding hydrogens is 222 g/mol. The van der Waals surface area contributed by atoms with Crippen LogP contribution in [-0.2, 0) is 0 Å². The van der Waals surface area contributed by atoms with Crippen molar-refractivity contribution in [1.29, 1.82) is 0 Å². The van der Waals surface area contributed by atoms with Gasteiger partial charge in [0, 0.05) is 6.08 Å². The summed E-state index contributed by atoms with van der Waals surface area (Å²) in [7, 11) is 0. The lowest BCUT2D eigenvalue weighted by molar-refractivity contribution is -0.524. The lowest BCUT2D eigenvalue weighted by Gasteiger charge is -2.19. The average molecular weight is 227 g/mol. The van der Waals surface area contributed by atoms with Crippen molar-refractivity contribution in [2.75, 3.05) is 6.54 Å². The third kappa shape index (κ3) is 2.89. The Hall–Kier alpha value is -1.67. The summed E-state index contributed by atoms with van der Waals surface area (Å²) in [5.41, 5.74) is 1.47. The van der Waals surface area contributed by atoms with Crippen LogP contribution in [0.5, 0.6) is 0 Å². The zero-order valence-electron chi connectivity index (χ0n) is 7.08. The maximum atomic E-state index is 12.8. The van der Waals surface area contributed by atoms with Crippen LogP contribution in [0, 0.1) is 16.0 Å². The smallest absolute Gasteiger partial charge is 0.263 e. The number of rotatable bonds is 1. The van der Waals surface area contributed by atoms with Crippen LogP contribution in [0.1, 0.15) is 0 Å². The van der Waals surface area contributed by atoms with Gasteiger partial charge < -0.3 is 0 Å². The second-order valence-electron chi connectivity index (χ2n) is 2.72. The van der Waals surface area contributed by atoms with Crippen molar-refractivity contribution in [3.8, 4) is 0 Å². The van der Waals surface area contributed by atoms with Crippen LogP contribution in [-0.4, -0.2) is 23.6 Å². The van der Waals surface area contributed by atoms with Gasteiger partial charge in [-0.3, -0.25) is 4.99 Å². The first-order chi connectivity index (χ1) is 6.80. The van der Waals surface area contributed by atoms with Crippen LogP contribution in [0.2, 0.25) is 0 Å². The van der Waals surface area contributed by atoms with Crippen LogP contribution in [0.15, 0.2) is 16.9 Å². The molecule has 5 nitrogen and oxygen atoms in total. The molecule has 0 bridgehead atoms. The highest BCUT2D eigenvalue weighted by atomic mass is 19.4. The van der Waals surface area contributed by atoms with Gasteiger partial charge in [0.1, 0.15) is 11.7 Å². The minimum Gasteiger partial charge on any atom is -0.263 e. The van der Waals surface area contributed by atoms with Crippen molar-refractivity contribution >= 4 is 5.84 Å². The first-order valence-corrected chi connectivity index (χ1v) is 3.70. The normalized spacial score (nSPS) is 21.7. The van der Waals surface area contributed by atoms with Crippen LogP contribution < -0.4 is 5.43 Å². The molecule has 0 saturated heterocycles. The van der Waals surface area contributed by atoms with Gasteiger partial charge >= 0.3 is 6.18 Å². The molecule has 1 N–H and O–H groups in total. The van der Waals surface area contributed by atoms with Crippen LogP contribution in [0.3, 0.4) is 0 Å². The van der Waals surface area contributed by atoms with Crippen molar-refractivity contribution in [2.45, 2.75) is 6.18 Å². The van der Waals surface area contributed by atoms with E-state index in [9.17, 15) is 27.7 Å². The zero-order valence-corrected chi connectivity index (χ0v) is 7.08. The molecule has 0 fully saturated rings. The lowest BCUT2D eigenvalue weighted by Crippen LogP contribution is -2.35. The number of halogens is 4. The second-order valence-corrected chi connectivity index (χ2v) is 2.72. The predicted octanol–water partition coefficient (Wildman–Crippen LogP) is 1.21. The van der Waals surface area contributed by atoms with Gasteiger partial charge in [-0.05, 0) is 0 Å². The van der Waals surface area contributed by atoms with E-state index in [0.29, 0.717) is 6.08 Å². The molecule has 1 aliphatic heterocycles. The quantitative estimate of drug-likeness (QED) is 0.416. The standard InChI is InChI=1S/C6H5F4N3O2/c7-4-1-5(12-13(14)15)11-2-3(4)6(8,9)10/h1,3H,2H2,(H,11,12)/t3-/m0/s1. The maximum Gasteiger partial charge on any atom is 0.399 e. The van der Waals surface area contributed by atoms with Crippen LogP contribution in [0.25, 0.3) is 0 Å². The Morgan fingerprint density at radius 2 is 2.20 bits per heavy atom. The van der Waals surface area contributed by atoms with Crippen molar-refractivity contribution in [2.24, 2.45) is 10.9 Å². The highest BCUT2D eigenvalue weighted by Gasteiger charge is 2.44. The Bertz CT molecular complexity index is 336.